The van der Waals surface area contributed by atoms with Crippen LogP contribution in [0.2, 0.25) is 0 Å². The van der Waals surface area contributed by atoms with Crippen molar-refractivity contribution in [1.29, 1.82) is 0 Å². The van der Waals surface area contributed by atoms with Crippen molar-refractivity contribution in [3.8, 4) is 0 Å². The lowest BCUT2D eigenvalue weighted by molar-refractivity contribution is 0.720. The summed E-state index contributed by atoms with van der Waals surface area (Å²) in [4.78, 5) is 0. The predicted molar refractivity (Wildman–Crippen MR) is 56.0 cm³/mol. The summed E-state index contributed by atoms with van der Waals surface area (Å²) in [6.45, 7) is 2.24. The van der Waals surface area contributed by atoms with Crippen LogP contribution < -0.4 is 0 Å². The maximum absolute atomic E-state index is 5.07. The number of thiocarbonyl (C=S) groups is 1. The molecule has 0 aromatic rings. The van der Waals surface area contributed by atoms with Crippen molar-refractivity contribution >= 4 is 39.3 Å². The predicted octanol–water partition coefficient (Wildman–Crippen LogP) is 3.31. The molecule has 0 radical (unpaired) electrons. The summed E-state index contributed by atoms with van der Waals surface area (Å²) in [6, 6.07) is 0. The summed E-state index contributed by atoms with van der Waals surface area (Å²) in [5.41, 5.74) is 0. The van der Waals surface area contributed by atoms with E-state index in [2.05, 4.69) is 6.92 Å². The Hall–Kier alpha value is 0.790. The monoisotopic (exact) mass is 192 g/mol. The third-order valence-electron chi connectivity index (χ3n) is 1.53. The topological polar surface area (TPSA) is 0 Å². The number of hydrogen-bond acceptors (Lipinski definition) is 3. The van der Waals surface area contributed by atoms with Gasteiger partial charge in [0.05, 0.1) is 0 Å². The molecule has 0 aliphatic carbocycles. The Bertz CT molecular complexity index is 122. The molecule has 58 valence electrons. The van der Waals surface area contributed by atoms with Gasteiger partial charge in [-0.2, -0.15) is 0 Å². The number of thioether (sulfide) groups is 2. The molecular weight excluding hydrogens is 180 g/mol. The second-order valence-corrected chi connectivity index (χ2v) is 5.97. The van der Waals surface area contributed by atoms with E-state index in [9.17, 15) is 0 Å². The molecular formula is C7H12S3. The van der Waals surface area contributed by atoms with Gasteiger partial charge in [-0.3, -0.25) is 0 Å². The van der Waals surface area contributed by atoms with Crippen LogP contribution in [0.5, 0.6) is 0 Å². The standard InChI is InChI=1S/C7H12S3/c1-2-3-4-6-5-9-7(8)10-6/h6H,2-5H2,1H3. The van der Waals surface area contributed by atoms with Crippen molar-refractivity contribution in [2.45, 2.75) is 31.4 Å². The molecule has 1 heterocycles. The number of unbranched alkanes of at least 4 members (excludes halogenated alkanes) is 1. The number of hydrogen-bond donors (Lipinski definition) is 0. The second kappa shape index (κ2) is 4.62. The van der Waals surface area contributed by atoms with E-state index in [0.717, 1.165) is 8.78 Å². The van der Waals surface area contributed by atoms with E-state index in [-0.39, 0.29) is 0 Å². The van der Waals surface area contributed by atoms with Gasteiger partial charge in [-0.05, 0) is 6.42 Å². The Morgan fingerprint density at radius 2 is 2.50 bits per heavy atom. The largest absolute Gasteiger partial charge is 0.107 e. The minimum absolute atomic E-state index is 0.831. The molecule has 0 amide bonds. The van der Waals surface area contributed by atoms with Crippen LogP contribution in [0, 0.1) is 0 Å². The van der Waals surface area contributed by atoms with Gasteiger partial charge >= 0.3 is 0 Å². The average Bonchev–Trinajstić information content (AvgIpc) is 2.31. The highest BCUT2D eigenvalue weighted by Gasteiger charge is 2.19. The summed E-state index contributed by atoms with van der Waals surface area (Å²) in [5.74, 6) is 1.25. The maximum Gasteiger partial charge on any atom is 0.104 e. The van der Waals surface area contributed by atoms with Gasteiger partial charge in [0.25, 0.3) is 0 Å². The van der Waals surface area contributed by atoms with E-state index in [1.165, 1.54) is 25.0 Å². The van der Waals surface area contributed by atoms with Crippen LogP contribution in [0.4, 0.5) is 0 Å². The fourth-order valence-corrected chi connectivity index (χ4v) is 3.96. The van der Waals surface area contributed by atoms with Crippen LogP contribution in [0.15, 0.2) is 0 Å². The first-order chi connectivity index (χ1) is 4.83. The van der Waals surface area contributed by atoms with Gasteiger partial charge in [-0.25, -0.2) is 0 Å². The Kier molecular flexibility index (Phi) is 4.11. The van der Waals surface area contributed by atoms with Gasteiger partial charge in [0.15, 0.2) is 0 Å². The minimum Gasteiger partial charge on any atom is -0.107 e. The molecule has 3 heteroatoms. The molecule has 1 unspecified atom stereocenters. The van der Waals surface area contributed by atoms with E-state index < -0.39 is 0 Å². The molecule has 1 atom stereocenters. The van der Waals surface area contributed by atoms with Crippen LogP contribution in [0.3, 0.4) is 0 Å². The van der Waals surface area contributed by atoms with Crippen molar-refractivity contribution in [1.82, 2.24) is 0 Å². The third-order valence-corrected chi connectivity index (χ3v) is 4.76. The summed E-state index contributed by atoms with van der Waals surface area (Å²) in [5, 5.41) is 0.831. The summed E-state index contributed by atoms with van der Waals surface area (Å²) in [7, 11) is 0. The fourth-order valence-electron chi connectivity index (χ4n) is 0.939. The Balaban J connectivity index is 2.12. The molecule has 0 saturated carbocycles. The molecule has 10 heavy (non-hydrogen) atoms. The van der Waals surface area contributed by atoms with E-state index in [1.54, 1.807) is 0 Å². The van der Waals surface area contributed by atoms with Crippen molar-refractivity contribution in [2.75, 3.05) is 5.75 Å². The van der Waals surface area contributed by atoms with Gasteiger partial charge < -0.3 is 0 Å². The minimum atomic E-state index is 0.831. The number of rotatable bonds is 3. The van der Waals surface area contributed by atoms with Crippen molar-refractivity contribution < 1.29 is 0 Å². The molecule has 0 spiro atoms. The first-order valence-corrected chi connectivity index (χ1v) is 5.93. The zero-order valence-corrected chi connectivity index (χ0v) is 8.58. The Morgan fingerprint density at radius 1 is 1.70 bits per heavy atom. The molecule has 0 nitrogen and oxygen atoms in total. The van der Waals surface area contributed by atoms with Crippen LogP contribution >= 0.6 is 35.7 Å². The lowest BCUT2D eigenvalue weighted by Gasteiger charge is -2.03. The zero-order chi connectivity index (χ0) is 7.40. The van der Waals surface area contributed by atoms with Crippen LogP contribution in [-0.2, 0) is 0 Å². The van der Waals surface area contributed by atoms with E-state index in [1.807, 2.05) is 23.5 Å². The van der Waals surface area contributed by atoms with Crippen LogP contribution in [0.1, 0.15) is 26.2 Å². The molecule has 1 aliphatic heterocycles. The highest BCUT2D eigenvalue weighted by atomic mass is 32.2. The molecule has 0 bridgehead atoms. The van der Waals surface area contributed by atoms with Gasteiger partial charge in [0.2, 0.25) is 0 Å². The zero-order valence-electron chi connectivity index (χ0n) is 6.13. The second-order valence-electron chi connectivity index (χ2n) is 2.44. The normalized spacial score (nSPS) is 25.7. The van der Waals surface area contributed by atoms with Crippen LogP contribution in [-0.4, -0.2) is 14.5 Å². The van der Waals surface area contributed by atoms with Gasteiger partial charge in [0.1, 0.15) is 3.53 Å². The fraction of sp³-hybridized carbons (Fsp3) is 0.857. The van der Waals surface area contributed by atoms with Crippen molar-refractivity contribution in [3.63, 3.8) is 0 Å². The highest BCUT2D eigenvalue weighted by molar-refractivity contribution is 8.49. The molecule has 1 aliphatic rings. The third kappa shape index (κ3) is 2.81. The van der Waals surface area contributed by atoms with Crippen molar-refractivity contribution in [3.05, 3.63) is 0 Å². The first-order valence-electron chi connectivity index (χ1n) is 3.66. The summed E-state index contributed by atoms with van der Waals surface area (Å²) >= 11 is 8.82. The molecule has 1 saturated heterocycles. The van der Waals surface area contributed by atoms with Gasteiger partial charge in [-0.1, -0.05) is 32.0 Å². The SMILES string of the molecule is CCCCC1CSC(=S)S1. The summed E-state index contributed by atoms with van der Waals surface area (Å²) in [6.07, 6.45) is 4.03. The maximum atomic E-state index is 5.07. The Morgan fingerprint density at radius 3 is 3.00 bits per heavy atom. The quantitative estimate of drug-likeness (QED) is 0.630. The molecule has 1 rings (SSSR count). The molecule has 0 aromatic heterocycles. The first kappa shape index (κ1) is 8.88. The van der Waals surface area contributed by atoms with Crippen molar-refractivity contribution in [2.24, 2.45) is 0 Å². The van der Waals surface area contributed by atoms with Gasteiger partial charge in [-0.15, -0.1) is 23.5 Å². The molecule has 0 aromatic carbocycles. The van der Waals surface area contributed by atoms with E-state index >= 15 is 0 Å². The van der Waals surface area contributed by atoms with Gasteiger partial charge in [0, 0.05) is 11.0 Å². The highest BCUT2D eigenvalue weighted by Crippen LogP contribution is 2.35. The van der Waals surface area contributed by atoms with Crippen LogP contribution in [0.25, 0.3) is 0 Å². The smallest absolute Gasteiger partial charge is 0.104 e. The average molecular weight is 192 g/mol. The lowest BCUT2D eigenvalue weighted by atomic mass is 10.2. The molecule has 0 N–H and O–H groups in total. The molecule has 1 fully saturated rings. The lowest BCUT2D eigenvalue weighted by Crippen LogP contribution is -1.99. The van der Waals surface area contributed by atoms with E-state index in [4.69, 9.17) is 12.2 Å². The Labute approximate surface area is 76.5 Å². The van der Waals surface area contributed by atoms with E-state index in [0.29, 0.717) is 0 Å². The summed E-state index contributed by atoms with van der Waals surface area (Å²) < 4.78 is 1.15.